The highest BCUT2D eigenvalue weighted by Gasteiger charge is 2.21. The molecule has 1 saturated heterocycles. The van der Waals surface area contributed by atoms with E-state index in [9.17, 15) is 5.11 Å². The first-order valence-corrected chi connectivity index (χ1v) is 8.25. The van der Waals surface area contributed by atoms with Gasteiger partial charge in [-0.3, -0.25) is 0 Å². The van der Waals surface area contributed by atoms with Gasteiger partial charge in [0.15, 0.2) is 0 Å². The Morgan fingerprint density at radius 2 is 1.86 bits per heavy atom. The number of rotatable bonds is 10. The van der Waals surface area contributed by atoms with Crippen LogP contribution in [0.4, 0.5) is 0 Å². The number of hydrogen-bond acceptors (Lipinski definition) is 5. The monoisotopic (exact) mass is 302 g/mol. The molecule has 0 amide bonds. The van der Waals surface area contributed by atoms with E-state index in [2.05, 4.69) is 24.1 Å². The molecule has 1 rings (SSSR count). The predicted octanol–water partition coefficient (Wildman–Crippen LogP) is 1.11. The molecule has 1 aliphatic heterocycles. The van der Waals surface area contributed by atoms with E-state index in [-0.39, 0.29) is 6.10 Å². The molecule has 0 saturated carbocycles. The average Bonchev–Trinajstić information content (AvgIpc) is 2.45. The van der Waals surface area contributed by atoms with Crippen molar-refractivity contribution in [2.75, 3.05) is 46.5 Å². The second-order valence-corrected chi connectivity index (χ2v) is 6.56. The van der Waals surface area contributed by atoms with E-state index >= 15 is 0 Å². The summed E-state index contributed by atoms with van der Waals surface area (Å²) in [5.74, 6) is 0.777. The van der Waals surface area contributed by atoms with Crippen LogP contribution in [0.5, 0.6) is 0 Å². The highest BCUT2D eigenvalue weighted by molar-refractivity contribution is 4.76. The molecule has 0 spiro atoms. The van der Waals surface area contributed by atoms with Crippen LogP contribution in [0.1, 0.15) is 33.6 Å². The molecule has 5 nitrogen and oxygen atoms in total. The fourth-order valence-electron chi connectivity index (χ4n) is 2.68. The van der Waals surface area contributed by atoms with Gasteiger partial charge in [0.05, 0.1) is 25.4 Å². The van der Waals surface area contributed by atoms with Gasteiger partial charge in [-0.25, -0.2) is 0 Å². The number of nitrogens with one attached hydrogen (secondary N) is 1. The van der Waals surface area contributed by atoms with E-state index in [4.69, 9.17) is 9.47 Å². The summed E-state index contributed by atoms with van der Waals surface area (Å²) >= 11 is 0. The standard InChI is InChI=1S/C16H34N2O3/c1-13(2)17-9-15-5-7-18(8-6-15)10-16(19)12-21-14(3)11-20-4/h13-17,19H,5-12H2,1-4H3. The molecule has 0 aromatic heterocycles. The Balaban J connectivity index is 2.11. The van der Waals surface area contributed by atoms with Gasteiger partial charge >= 0.3 is 0 Å². The van der Waals surface area contributed by atoms with Crippen molar-refractivity contribution in [2.45, 2.75) is 51.9 Å². The van der Waals surface area contributed by atoms with E-state index in [0.29, 0.717) is 25.8 Å². The lowest BCUT2D eigenvalue weighted by atomic mass is 9.96. The van der Waals surface area contributed by atoms with Crippen molar-refractivity contribution in [1.29, 1.82) is 0 Å². The maximum absolute atomic E-state index is 10.0. The molecule has 2 atom stereocenters. The number of piperidine rings is 1. The summed E-state index contributed by atoms with van der Waals surface area (Å²) in [5.41, 5.74) is 0. The van der Waals surface area contributed by atoms with Crippen LogP contribution in [0.2, 0.25) is 0 Å². The molecule has 126 valence electrons. The number of β-amino-alcohol motifs (C(OH)–C–C–N with tert-alkyl or cyclic N) is 1. The Morgan fingerprint density at radius 3 is 2.43 bits per heavy atom. The summed E-state index contributed by atoms with van der Waals surface area (Å²) in [6.45, 7) is 11.3. The summed E-state index contributed by atoms with van der Waals surface area (Å²) in [6, 6.07) is 0.566. The minimum absolute atomic E-state index is 0.0393. The predicted molar refractivity (Wildman–Crippen MR) is 85.6 cm³/mol. The molecule has 2 N–H and O–H groups in total. The van der Waals surface area contributed by atoms with Crippen molar-refractivity contribution in [2.24, 2.45) is 5.92 Å². The molecule has 21 heavy (non-hydrogen) atoms. The Labute approximate surface area is 130 Å². The Morgan fingerprint density at radius 1 is 1.19 bits per heavy atom. The van der Waals surface area contributed by atoms with Gasteiger partial charge in [0.1, 0.15) is 0 Å². The summed E-state index contributed by atoms with van der Waals surface area (Å²) < 4.78 is 10.6. The third-order valence-electron chi connectivity index (χ3n) is 3.97. The van der Waals surface area contributed by atoms with Crippen molar-refractivity contribution >= 4 is 0 Å². The number of hydrogen-bond donors (Lipinski definition) is 2. The van der Waals surface area contributed by atoms with Crippen molar-refractivity contribution in [3.05, 3.63) is 0 Å². The van der Waals surface area contributed by atoms with Crippen molar-refractivity contribution in [1.82, 2.24) is 10.2 Å². The quantitative estimate of drug-likeness (QED) is 0.633. The third-order valence-corrected chi connectivity index (χ3v) is 3.97. The number of ether oxygens (including phenoxy) is 2. The van der Waals surface area contributed by atoms with Gasteiger partial charge in [0, 0.05) is 19.7 Å². The molecule has 1 fully saturated rings. The van der Waals surface area contributed by atoms with E-state index in [0.717, 1.165) is 25.6 Å². The fourth-order valence-corrected chi connectivity index (χ4v) is 2.68. The smallest absolute Gasteiger partial charge is 0.0900 e. The number of likely N-dealkylation sites (tertiary alicyclic amines) is 1. The van der Waals surface area contributed by atoms with Gasteiger partial charge in [0.2, 0.25) is 0 Å². The number of nitrogens with zero attached hydrogens (tertiary/aromatic N) is 1. The van der Waals surface area contributed by atoms with Gasteiger partial charge < -0.3 is 24.8 Å². The Bertz CT molecular complexity index is 256. The van der Waals surface area contributed by atoms with Gasteiger partial charge in [-0.15, -0.1) is 0 Å². The first kappa shape index (κ1) is 18.8. The molecule has 0 aliphatic carbocycles. The highest BCUT2D eigenvalue weighted by atomic mass is 16.5. The van der Waals surface area contributed by atoms with E-state index in [1.807, 2.05) is 6.92 Å². The summed E-state index contributed by atoms with van der Waals surface area (Å²) in [4.78, 5) is 2.35. The topological polar surface area (TPSA) is 54.0 Å². The lowest BCUT2D eigenvalue weighted by molar-refractivity contribution is -0.0417. The Kier molecular flexibility index (Phi) is 9.44. The summed E-state index contributed by atoms with van der Waals surface area (Å²) in [7, 11) is 1.66. The molecular weight excluding hydrogens is 268 g/mol. The first-order chi connectivity index (χ1) is 10.0. The summed E-state index contributed by atoms with van der Waals surface area (Å²) in [5, 5.41) is 13.6. The maximum Gasteiger partial charge on any atom is 0.0900 e. The van der Waals surface area contributed by atoms with Crippen LogP contribution >= 0.6 is 0 Å². The van der Waals surface area contributed by atoms with Crippen LogP contribution in [0, 0.1) is 5.92 Å². The lowest BCUT2D eigenvalue weighted by Gasteiger charge is -2.33. The van der Waals surface area contributed by atoms with Crippen molar-refractivity contribution in [3.63, 3.8) is 0 Å². The second kappa shape index (κ2) is 10.5. The molecule has 5 heteroatoms. The van der Waals surface area contributed by atoms with Gasteiger partial charge in [0.25, 0.3) is 0 Å². The van der Waals surface area contributed by atoms with Crippen molar-refractivity contribution in [3.8, 4) is 0 Å². The zero-order chi connectivity index (χ0) is 15.7. The first-order valence-electron chi connectivity index (χ1n) is 8.25. The van der Waals surface area contributed by atoms with Gasteiger partial charge in [-0.1, -0.05) is 13.8 Å². The van der Waals surface area contributed by atoms with E-state index in [1.54, 1.807) is 7.11 Å². The van der Waals surface area contributed by atoms with Crippen LogP contribution in [0.3, 0.4) is 0 Å². The third kappa shape index (κ3) is 8.73. The van der Waals surface area contributed by atoms with Crippen LogP contribution in [0.15, 0.2) is 0 Å². The zero-order valence-electron chi connectivity index (χ0n) is 14.2. The average molecular weight is 302 g/mol. The molecular formula is C16H34N2O3. The normalized spacial score (nSPS) is 20.9. The minimum Gasteiger partial charge on any atom is -0.389 e. The summed E-state index contributed by atoms with van der Waals surface area (Å²) in [6.07, 6.45) is 2.06. The lowest BCUT2D eigenvalue weighted by Crippen LogP contribution is -2.42. The largest absolute Gasteiger partial charge is 0.389 e. The molecule has 0 bridgehead atoms. The van der Waals surface area contributed by atoms with Gasteiger partial charge in [-0.05, 0) is 45.3 Å². The van der Waals surface area contributed by atoms with Crippen LogP contribution in [-0.2, 0) is 9.47 Å². The molecule has 0 aromatic rings. The SMILES string of the molecule is COCC(C)OCC(O)CN1CCC(CNC(C)C)CC1. The minimum atomic E-state index is -0.408. The molecule has 1 heterocycles. The van der Waals surface area contributed by atoms with Gasteiger partial charge in [-0.2, -0.15) is 0 Å². The number of aliphatic hydroxyl groups is 1. The van der Waals surface area contributed by atoms with Crippen LogP contribution < -0.4 is 5.32 Å². The molecule has 0 aromatic carbocycles. The highest BCUT2D eigenvalue weighted by Crippen LogP contribution is 2.16. The maximum atomic E-state index is 10.0. The molecule has 0 radical (unpaired) electrons. The molecule has 1 aliphatic rings. The van der Waals surface area contributed by atoms with Crippen molar-refractivity contribution < 1.29 is 14.6 Å². The van der Waals surface area contributed by atoms with Crippen LogP contribution in [0.25, 0.3) is 0 Å². The molecule has 2 unspecified atom stereocenters. The van der Waals surface area contributed by atoms with Crippen LogP contribution in [-0.4, -0.2) is 74.8 Å². The van der Waals surface area contributed by atoms with E-state index < -0.39 is 6.10 Å². The Hall–Kier alpha value is -0.200. The fraction of sp³-hybridized carbons (Fsp3) is 1.00. The number of methoxy groups -OCH3 is 1. The van der Waals surface area contributed by atoms with E-state index in [1.165, 1.54) is 12.8 Å². The second-order valence-electron chi connectivity index (χ2n) is 6.56. The zero-order valence-corrected chi connectivity index (χ0v) is 14.2. The number of aliphatic hydroxyl groups excluding tert-OH is 1.